The van der Waals surface area contributed by atoms with Crippen LogP contribution in [0.5, 0.6) is 5.75 Å². The zero-order valence-electron chi connectivity index (χ0n) is 22.6. The van der Waals surface area contributed by atoms with E-state index in [0.717, 1.165) is 0 Å². The topological polar surface area (TPSA) is 161 Å². The number of rotatable bonds is 3. The molecule has 0 radical (unpaired) electrons. The van der Waals surface area contributed by atoms with E-state index in [1.54, 1.807) is 0 Å². The van der Waals surface area contributed by atoms with Crippen molar-refractivity contribution in [3.8, 4) is 5.75 Å². The molecule has 1 aromatic heterocycles. The van der Waals surface area contributed by atoms with Crippen LogP contribution in [-0.2, 0) is 19.2 Å². The van der Waals surface area contributed by atoms with E-state index in [-0.39, 0.29) is 41.6 Å². The van der Waals surface area contributed by atoms with Crippen LogP contribution in [0.2, 0.25) is 5.15 Å². The molecule has 2 aliphatic carbocycles. The molecule has 5 N–H and O–H groups in total. The molecule has 40 heavy (non-hydrogen) atoms. The fraction of sp³-hybridized carbons (Fsp3) is 0.667. The number of pyridine rings is 1. The molecule has 9 atom stereocenters. The van der Waals surface area contributed by atoms with Gasteiger partial charge in [-0.2, -0.15) is 0 Å². The van der Waals surface area contributed by atoms with E-state index in [4.69, 9.17) is 27.8 Å². The molecule has 1 spiro atoms. The molecule has 0 aromatic carbocycles. The molecule has 2 saturated carbocycles. The van der Waals surface area contributed by atoms with Gasteiger partial charge in [-0.15, -0.1) is 0 Å². The highest BCUT2D eigenvalue weighted by molar-refractivity contribution is 6.31. The van der Waals surface area contributed by atoms with Crippen molar-refractivity contribution in [2.75, 3.05) is 18.4 Å². The number of fused-ring (bicyclic) bond motifs is 6. The van der Waals surface area contributed by atoms with Gasteiger partial charge in [0.15, 0.2) is 10.9 Å². The summed E-state index contributed by atoms with van der Waals surface area (Å²) in [5.41, 5.74) is 10.2. The summed E-state index contributed by atoms with van der Waals surface area (Å²) in [6.07, 6.45) is 1.21. The molecule has 5 aliphatic rings. The second-order valence-corrected chi connectivity index (χ2v) is 13.4. The molecule has 11 nitrogen and oxygen atoms in total. The monoisotopic (exact) mass is 576 g/mol. The molecule has 1 aromatic rings. The molecule has 4 heterocycles. The van der Waals surface area contributed by atoms with Crippen LogP contribution in [0, 0.1) is 29.1 Å². The summed E-state index contributed by atoms with van der Waals surface area (Å²) in [7, 11) is 0. The molecule has 6 rings (SSSR count). The number of halogens is 2. The fourth-order valence-corrected chi connectivity index (χ4v) is 7.86. The zero-order chi connectivity index (χ0) is 28.9. The number of primary amides is 1. The summed E-state index contributed by atoms with van der Waals surface area (Å²) < 4.78 is 21.1. The van der Waals surface area contributed by atoms with Crippen molar-refractivity contribution in [2.24, 2.45) is 40.6 Å². The molecule has 216 valence electrons. The van der Waals surface area contributed by atoms with Crippen molar-refractivity contribution in [3.05, 3.63) is 17.4 Å². The minimum atomic E-state index is -1.65. The number of nitrogens with one attached hydrogen (secondary N) is 1. The predicted octanol–water partition coefficient (Wildman–Crippen LogP) is 1.09. The Labute approximate surface area is 236 Å². The predicted molar refractivity (Wildman–Crippen MR) is 142 cm³/mol. The first-order chi connectivity index (χ1) is 18.7. The number of aromatic nitrogens is 1. The summed E-state index contributed by atoms with van der Waals surface area (Å²) in [6, 6.07) is -1.59. The SMILES string of the molecule is CC(C)(C)[C@H](N)C(=O)N1C[C@@H]2[C@H]3C[C@@H]([C@@H]2[C@H]1C(=O)N1C[C@@]2(C[C@H]1C(N)=O)Oc1c(ccnc1Cl)NC2=O)[C@H](F)C3. The highest BCUT2D eigenvalue weighted by atomic mass is 35.5. The third-order valence-corrected chi connectivity index (χ3v) is 10.0. The number of alkyl halides is 1. The van der Waals surface area contributed by atoms with E-state index >= 15 is 4.39 Å². The molecule has 4 fully saturated rings. The van der Waals surface area contributed by atoms with E-state index in [0.29, 0.717) is 25.1 Å². The van der Waals surface area contributed by atoms with Gasteiger partial charge in [0.25, 0.3) is 5.91 Å². The first-order valence-electron chi connectivity index (χ1n) is 13.7. The van der Waals surface area contributed by atoms with Crippen molar-refractivity contribution in [1.29, 1.82) is 0 Å². The number of nitrogens with zero attached hydrogens (tertiary/aromatic N) is 3. The maximum absolute atomic E-state index is 15.0. The van der Waals surface area contributed by atoms with Gasteiger partial charge < -0.3 is 31.3 Å². The van der Waals surface area contributed by atoms with E-state index < -0.39 is 64.9 Å². The molecule has 4 amide bonds. The van der Waals surface area contributed by atoms with E-state index in [1.165, 1.54) is 22.1 Å². The summed E-state index contributed by atoms with van der Waals surface area (Å²) >= 11 is 6.23. The lowest BCUT2D eigenvalue weighted by Gasteiger charge is -2.38. The number of hydrogen-bond acceptors (Lipinski definition) is 7. The highest BCUT2D eigenvalue weighted by Gasteiger charge is 2.65. The van der Waals surface area contributed by atoms with Gasteiger partial charge in [0.2, 0.25) is 23.3 Å². The fourth-order valence-electron chi connectivity index (χ4n) is 7.66. The van der Waals surface area contributed by atoms with Gasteiger partial charge >= 0.3 is 0 Å². The number of anilines is 1. The minimum Gasteiger partial charge on any atom is -0.470 e. The largest absolute Gasteiger partial charge is 0.470 e. The summed E-state index contributed by atoms with van der Waals surface area (Å²) in [5, 5.41) is 2.75. The second-order valence-electron chi connectivity index (χ2n) is 13.0. The van der Waals surface area contributed by atoms with Crippen molar-refractivity contribution < 1.29 is 28.3 Å². The van der Waals surface area contributed by atoms with Crippen LogP contribution in [0.4, 0.5) is 10.1 Å². The van der Waals surface area contributed by atoms with Crippen molar-refractivity contribution in [3.63, 3.8) is 0 Å². The molecule has 2 saturated heterocycles. The molecular weight excluding hydrogens is 543 g/mol. The summed E-state index contributed by atoms with van der Waals surface area (Å²) in [5.74, 6) is -2.95. The Bertz CT molecular complexity index is 1310. The third-order valence-electron chi connectivity index (χ3n) is 9.76. The number of carbonyl (C=O) groups excluding carboxylic acids is 4. The number of hydrogen-bond donors (Lipinski definition) is 3. The maximum atomic E-state index is 15.0. The Hall–Kier alpha value is -2.99. The number of nitrogens with two attached hydrogens (primary N) is 2. The lowest BCUT2D eigenvalue weighted by molar-refractivity contribution is -0.150. The standard InChI is InChI=1S/C27H34ClFN6O5/c1-26(2,3)20(30)24(38)34-9-13-11-6-12(14(29)7-11)17(13)18(34)23(37)35-10-27(8-16(35)22(31)36)25(39)33-15-4-5-32-21(28)19(15)40-27/h4-5,11-14,16-18,20H,6-10,30H2,1-3H3,(H2,31,36)(H,33,39)/t11-,12+,13+,14+,16-,17-,18-,20+,27+/m0/s1. The average molecular weight is 577 g/mol. The van der Waals surface area contributed by atoms with E-state index in [9.17, 15) is 19.2 Å². The number of ether oxygens (including phenoxy) is 1. The smallest absolute Gasteiger partial charge is 0.270 e. The van der Waals surface area contributed by atoms with Gasteiger partial charge in [0, 0.05) is 19.2 Å². The van der Waals surface area contributed by atoms with E-state index in [1.807, 2.05) is 20.8 Å². The number of likely N-dealkylation sites (tertiary alicyclic amines) is 2. The van der Waals surface area contributed by atoms with Gasteiger partial charge in [0.1, 0.15) is 18.3 Å². The quantitative estimate of drug-likeness (QED) is 0.454. The van der Waals surface area contributed by atoms with Crippen LogP contribution < -0.4 is 21.5 Å². The Morgan fingerprint density at radius 2 is 1.98 bits per heavy atom. The van der Waals surface area contributed by atoms with Gasteiger partial charge in [-0.1, -0.05) is 32.4 Å². The van der Waals surface area contributed by atoms with Crippen molar-refractivity contribution in [2.45, 2.75) is 69.9 Å². The Morgan fingerprint density at radius 3 is 2.65 bits per heavy atom. The normalized spacial score (nSPS) is 36.8. The van der Waals surface area contributed by atoms with Crippen molar-refractivity contribution >= 4 is 40.9 Å². The lowest BCUT2D eigenvalue weighted by Crippen LogP contribution is -2.59. The highest BCUT2D eigenvalue weighted by Crippen LogP contribution is 2.59. The number of carbonyl (C=O) groups is 4. The van der Waals surface area contributed by atoms with E-state index in [2.05, 4.69) is 10.3 Å². The van der Waals surface area contributed by atoms with Crippen LogP contribution in [-0.4, -0.2) is 81.4 Å². The van der Waals surface area contributed by atoms with Gasteiger partial charge in [0.05, 0.1) is 18.3 Å². The molecule has 13 heteroatoms. The van der Waals surface area contributed by atoms with Crippen LogP contribution in [0.1, 0.15) is 40.0 Å². The maximum Gasteiger partial charge on any atom is 0.270 e. The third kappa shape index (κ3) is 3.89. The first-order valence-corrected chi connectivity index (χ1v) is 14.1. The Balaban J connectivity index is 1.36. The zero-order valence-corrected chi connectivity index (χ0v) is 23.4. The molecule has 3 aliphatic heterocycles. The van der Waals surface area contributed by atoms with Crippen LogP contribution in [0.25, 0.3) is 0 Å². The molecule has 2 bridgehead atoms. The second kappa shape index (κ2) is 9.01. The Morgan fingerprint density at radius 1 is 1.25 bits per heavy atom. The van der Waals surface area contributed by atoms with Gasteiger partial charge in [-0.25, -0.2) is 9.37 Å². The van der Waals surface area contributed by atoms with Crippen LogP contribution in [0.15, 0.2) is 12.3 Å². The Kier molecular flexibility index (Phi) is 6.12. The number of amides is 4. The summed E-state index contributed by atoms with van der Waals surface area (Å²) in [4.78, 5) is 60.9. The van der Waals surface area contributed by atoms with Crippen LogP contribution in [0.3, 0.4) is 0 Å². The average Bonchev–Trinajstić information content (AvgIpc) is 3.63. The molecule has 0 unspecified atom stereocenters. The van der Waals surface area contributed by atoms with Crippen molar-refractivity contribution in [1.82, 2.24) is 14.8 Å². The summed E-state index contributed by atoms with van der Waals surface area (Å²) in [6.45, 7) is 5.52. The lowest BCUT2D eigenvalue weighted by atomic mass is 9.77. The molecular formula is C27H34ClFN6O5. The van der Waals surface area contributed by atoms with Gasteiger partial charge in [-0.05, 0) is 48.0 Å². The first kappa shape index (κ1) is 27.2. The van der Waals surface area contributed by atoms with Crippen LogP contribution >= 0.6 is 11.6 Å². The van der Waals surface area contributed by atoms with Gasteiger partial charge in [-0.3, -0.25) is 19.2 Å². The minimum absolute atomic E-state index is 0.0137.